The second-order valence-electron chi connectivity index (χ2n) is 6.85. The third-order valence-electron chi connectivity index (χ3n) is 5.17. The van der Waals surface area contributed by atoms with E-state index >= 15 is 0 Å². The lowest BCUT2D eigenvalue weighted by Gasteiger charge is -2.35. The molecule has 146 valence electrons. The Balaban J connectivity index is 1.39. The highest BCUT2D eigenvalue weighted by molar-refractivity contribution is 7.12. The minimum Gasteiger partial charge on any atom is -0.357 e. The van der Waals surface area contributed by atoms with E-state index in [1.807, 2.05) is 41.6 Å². The van der Waals surface area contributed by atoms with Gasteiger partial charge in [-0.25, -0.2) is 4.98 Å². The molecule has 0 saturated carbocycles. The van der Waals surface area contributed by atoms with Crippen LogP contribution in [0.4, 0.5) is 5.82 Å². The van der Waals surface area contributed by atoms with Gasteiger partial charge in [-0.15, -0.1) is 16.4 Å². The number of rotatable bonds is 6. The van der Waals surface area contributed by atoms with E-state index in [0.717, 1.165) is 44.0 Å². The van der Waals surface area contributed by atoms with Crippen LogP contribution in [0.3, 0.4) is 0 Å². The van der Waals surface area contributed by atoms with Gasteiger partial charge in [0.15, 0.2) is 0 Å². The molecule has 4 rings (SSSR count). The molecule has 0 atom stereocenters. The number of hydrogen-bond donors (Lipinski definition) is 0. The summed E-state index contributed by atoms with van der Waals surface area (Å²) in [6.07, 6.45) is 5.47. The fourth-order valence-electron chi connectivity index (χ4n) is 3.61. The first-order chi connectivity index (χ1) is 13.8. The van der Waals surface area contributed by atoms with Crippen molar-refractivity contribution in [2.75, 3.05) is 31.1 Å². The molecule has 3 aromatic rings. The first-order valence-electron chi connectivity index (χ1n) is 9.52. The number of amides is 1. The molecule has 0 unspecified atom stereocenters. The highest BCUT2D eigenvalue weighted by Crippen LogP contribution is 2.25. The monoisotopic (exact) mass is 397 g/mol. The minimum absolute atomic E-state index is 0.0511. The van der Waals surface area contributed by atoms with Crippen molar-refractivity contribution >= 4 is 23.1 Å². The predicted octanol–water partition coefficient (Wildman–Crippen LogP) is 2.50. The summed E-state index contributed by atoms with van der Waals surface area (Å²) < 4.78 is 1.54. The summed E-state index contributed by atoms with van der Waals surface area (Å²) in [4.78, 5) is 22.5. The van der Waals surface area contributed by atoms with Crippen molar-refractivity contribution < 1.29 is 4.79 Å². The van der Waals surface area contributed by atoms with E-state index in [1.165, 1.54) is 17.7 Å². The van der Waals surface area contributed by atoms with Crippen LogP contribution in [-0.4, -0.2) is 62.2 Å². The Morgan fingerprint density at radius 3 is 2.82 bits per heavy atom. The molecular formula is C19H23N7OS. The van der Waals surface area contributed by atoms with Gasteiger partial charge in [0, 0.05) is 32.4 Å². The van der Waals surface area contributed by atoms with E-state index in [1.54, 1.807) is 4.68 Å². The number of piperidine rings is 1. The van der Waals surface area contributed by atoms with Crippen LogP contribution in [0.2, 0.25) is 0 Å². The summed E-state index contributed by atoms with van der Waals surface area (Å²) in [5.41, 5.74) is 0.739. The number of anilines is 1. The van der Waals surface area contributed by atoms with E-state index in [4.69, 9.17) is 0 Å². The first kappa shape index (κ1) is 18.5. The Hall–Kier alpha value is -2.81. The summed E-state index contributed by atoms with van der Waals surface area (Å²) >= 11 is 1.44. The molecule has 0 bridgehead atoms. The average Bonchev–Trinajstić information content (AvgIpc) is 3.44. The molecule has 1 saturated heterocycles. The lowest BCUT2D eigenvalue weighted by molar-refractivity contribution is 0.0734. The number of nitrogens with zero attached hydrogens (tertiary/aromatic N) is 7. The van der Waals surface area contributed by atoms with Crippen molar-refractivity contribution in [3.63, 3.8) is 0 Å². The van der Waals surface area contributed by atoms with Crippen LogP contribution >= 0.6 is 11.3 Å². The molecule has 3 aromatic heterocycles. The molecule has 4 heterocycles. The zero-order chi connectivity index (χ0) is 19.3. The van der Waals surface area contributed by atoms with Gasteiger partial charge in [-0.2, -0.15) is 4.68 Å². The highest BCUT2D eigenvalue weighted by atomic mass is 32.1. The van der Waals surface area contributed by atoms with E-state index in [-0.39, 0.29) is 5.91 Å². The zero-order valence-corrected chi connectivity index (χ0v) is 16.6. The number of carbonyl (C=O) groups excluding carboxylic acids is 1. The summed E-state index contributed by atoms with van der Waals surface area (Å²) in [5, 5.41) is 13.2. The molecule has 1 amide bonds. The molecule has 0 N–H and O–H groups in total. The number of aromatic nitrogens is 5. The second kappa shape index (κ2) is 8.47. The van der Waals surface area contributed by atoms with E-state index in [2.05, 4.69) is 31.5 Å². The van der Waals surface area contributed by atoms with Gasteiger partial charge in [0.1, 0.15) is 17.0 Å². The van der Waals surface area contributed by atoms with Gasteiger partial charge in [0.05, 0.1) is 5.69 Å². The number of tetrazole rings is 1. The number of thiophene rings is 1. The molecule has 0 spiro atoms. The Labute approximate surface area is 167 Å². The standard InChI is InChI=1S/C19H23N7OS/c1-2-24(19(27)18-16(8-12-28-18)26-14-21-22-23-26)13-15-6-10-25(11-7-15)17-5-3-4-9-20-17/h3-5,8-9,12,14-15H,2,6-7,10-11,13H2,1H3. The minimum atomic E-state index is 0.0511. The molecule has 0 aromatic carbocycles. The predicted molar refractivity (Wildman–Crippen MR) is 108 cm³/mol. The normalized spacial score (nSPS) is 15.0. The summed E-state index contributed by atoms with van der Waals surface area (Å²) in [6, 6.07) is 7.90. The Kier molecular flexibility index (Phi) is 5.61. The van der Waals surface area contributed by atoms with Gasteiger partial charge in [-0.05, 0) is 59.7 Å². The molecule has 0 radical (unpaired) electrons. The number of hydrogen-bond acceptors (Lipinski definition) is 7. The van der Waals surface area contributed by atoms with Gasteiger partial charge >= 0.3 is 0 Å². The van der Waals surface area contributed by atoms with Crippen LogP contribution in [0.15, 0.2) is 42.2 Å². The lowest BCUT2D eigenvalue weighted by Crippen LogP contribution is -2.41. The maximum absolute atomic E-state index is 13.1. The highest BCUT2D eigenvalue weighted by Gasteiger charge is 2.26. The van der Waals surface area contributed by atoms with Gasteiger partial charge in [-0.1, -0.05) is 6.07 Å². The quantitative estimate of drug-likeness (QED) is 0.636. The fraction of sp³-hybridized carbons (Fsp3) is 0.421. The summed E-state index contributed by atoms with van der Waals surface area (Å²) in [6.45, 7) is 5.44. The van der Waals surface area contributed by atoms with Crippen molar-refractivity contribution in [1.82, 2.24) is 30.1 Å². The molecule has 28 heavy (non-hydrogen) atoms. The first-order valence-corrected chi connectivity index (χ1v) is 10.4. The van der Waals surface area contributed by atoms with Gasteiger partial charge in [0.2, 0.25) is 0 Å². The van der Waals surface area contributed by atoms with Crippen LogP contribution in [0.5, 0.6) is 0 Å². The van der Waals surface area contributed by atoms with Gasteiger partial charge in [0.25, 0.3) is 5.91 Å². The third-order valence-corrected chi connectivity index (χ3v) is 6.06. The Bertz CT molecular complexity index is 888. The van der Waals surface area contributed by atoms with Crippen LogP contribution in [0, 0.1) is 5.92 Å². The largest absolute Gasteiger partial charge is 0.357 e. The Morgan fingerprint density at radius 1 is 1.29 bits per heavy atom. The molecule has 1 fully saturated rings. The Morgan fingerprint density at radius 2 is 2.14 bits per heavy atom. The zero-order valence-electron chi connectivity index (χ0n) is 15.8. The van der Waals surface area contributed by atoms with E-state index in [9.17, 15) is 4.79 Å². The van der Waals surface area contributed by atoms with Crippen LogP contribution < -0.4 is 4.90 Å². The van der Waals surface area contributed by atoms with Crippen molar-refractivity contribution in [2.24, 2.45) is 5.92 Å². The van der Waals surface area contributed by atoms with Crippen molar-refractivity contribution in [1.29, 1.82) is 0 Å². The van der Waals surface area contributed by atoms with Gasteiger partial charge in [-0.3, -0.25) is 4.79 Å². The molecular weight excluding hydrogens is 374 g/mol. The fourth-order valence-corrected chi connectivity index (χ4v) is 4.46. The molecule has 0 aliphatic carbocycles. The average molecular weight is 398 g/mol. The molecule has 8 nitrogen and oxygen atoms in total. The maximum atomic E-state index is 13.1. The lowest BCUT2D eigenvalue weighted by atomic mass is 9.96. The van der Waals surface area contributed by atoms with E-state index in [0.29, 0.717) is 17.3 Å². The number of pyridine rings is 1. The summed E-state index contributed by atoms with van der Waals surface area (Å²) in [5.74, 6) is 1.59. The van der Waals surface area contributed by atoms with Crippen LogP contribution in [0.25, 0.3) is 5.69 Å². The van der Waals surface area contributed by atoms with E-state index < -0.39 is 0 Å². The van der Waals surface area contributed by atoms with Gasteiger partial charge < -0.3 is 9.80 Å². The van der Waals surface area contributed by atoms with Crippen molar-refractivity contribution in [2.45, 2.75) is 19.8 Å². The van der Waals surface area contributed by atoms with Crippen LogP contribution in [0.1, 0.15) is 29.4 Å². The smallest absolute Gasteiger partial charge is 0.266 e. The summed E-state index contributed by atoms with van der Waals surface area (Å²) in [7, 11) is 0. The molecule has 9 heteroatoms. The number of carbonyl (C=O) groups is 1. The van der Waals surface area contributed by atoms with Crippen molar-refractivity contribution in [3.05, 3.63) is 47.0 Å². The maximum Gasteiger partial charge on any atom is 0.266 e. The second-order valence-corrected chi connectivity index (χ2v) is 7.77. The third kappa shape index (κ3) is 3.89. The molecule has 1 aliphatic heterocycles. The topological polar surface area (TPSA) is 80.0 Å². The SMILES string of the molecule is CCN(CC1CCN(c2ccccn2)CC1)C(=O)c1sccc1-n1cnnn1. The van der Waals surface area contributed by atoms with Crippen LogP contribution in [-0.2, 0) is 0 Å². The molecule has 1 aliphatic rings. The van der Waals surface area contributed by atoms with Crippen molar-refractivity contribution in [3.8, 4) is 5.69 Å².